The number of aromatic nitrogens is 4. The van der Waals surface area contributed by atoms with Crippen LogP contribution in [0, 0.1) is 0 Å². The van der Waals surface area contributed by atoms with Gasteiger partial charge in [-0.25, -0.2) is 5.10 Å². The van der Waals surface area contributed by atoms with Gasteiger partial charge in [-0.1, -0.05) is 54.6 Å². The molecule has 0 bridgehead atoms. The molecule has 0 atom stereocenters. The van der Waals surface area contributed by atoms with Crippen LogP contribution in [-0.4, -0.2) is 25.7 Å². The number of phenols is 1. The lowest BCUT2D eigenvalue weighted by Crippen LogP contribution is -2.00. The summed E-state index contributed by atoms with van der Waals surface area (Å²) in [4.78, 5) is 0. The average molecular weight is 372 g/mol. The first-order valence-corrected chi connectivity index (χ1v) is 9.09. The Bertz CT molecular complexity index is 1020. The minimum atomic E-state index is 0.250. The number of tetrazole rings is 1. The number of aromatic hydroxyl groups is 1. The van der Waals surface area contributed by atoms with Crippen LogP contribution in [0.4, 0.5) is 0 Å². The fourth-order valence-electron chi connectivity index (χ4n) is 3.03. The molecule has 0 aliphatic carbocycles. The maximum Gasteiger partial charge on any atom is 0.179 e. The lowest BCUT2D eigenvalue weighted by molar-refractivity contribution is 0.302. The fourth-order valence-corrected chi connectivity index (χ4v) is 3.03. The highest BCUT2D eigenvalue weighted by molar-refractivity contribution is 5.54. The minimum Gasteiger partial charge on any atom is -0.508 e. The third kappa shape index (κ3) is 4.35. The zero-order chi connectivity index (χ0) is 19.2. The molecule has 6 nitrogen and oxygen atoms in total. The summed E-state index contributed by atoms with van der Waals surface area (Å²) >= 11 is 0. The van der Waals surface area contributed by atoms with Crippen molar-refractivity contribution in [3.8, 4) is 22.9 Å². The van der Waals surface area contributed by atoms with Gasteiger partial charge in [0.05, 0.1) is 0 Å². The molecule has 0 radical (unpaired) electrons. The van der Waals surface area contributed by atoms with E-state index in [1.807, 2.05) is 48.5 Å². The van der Waals surface area contributed by atoms with Gasteiger partial charge in [0.25, 0.3) is 0 Å². The van der Waals surface area contributed by atoms with Crippen LogP contribution >= 0.6 is 0 Å². The van der Waals surface area contributed by atoms with E-state index in [9.17, 15) is 5.11 Å². The normalized spacial score (nSPS) is 10.7. The van der Waals surface area contributed by atoms with Gasteiger partial charge in [-0.05, 0) is 58.2 Å². The van der Waals surface area contributed by atoms with E-state index in [2.05, 4.69) is 32.8 Å². The van der Waals surface area contributed by atoms with Crippen molar-refractivity contribution in [1.82, 2.24) is 20.6 Å². The van der Waals surface area contributed by atoms with Crippen LogP contribution < -0.4 is 4.74 Å². The van der Waals surface area contributed by atoms with Gasteiger partial charge in [0.2, 0.25) is 0 Å². The Morgan fingerprint density at radius 1 is 0.857 bits per heavy atom. The summed E-state index contributed by atoms with van der Waals surface area (Å²) in [6.07, 6.45) is 1.69. The number of hydrogen-bond donors (Lipinski definition) is 2. The number of nitrogens with one attached hydrogen (secondary N) is 1. The summed E-state index contributed by atoms with van der Waals surface area (Å²) in [5.41, 5.74) is 4.21. The molecule has 0 amide bonds. The third-order valence-corrected chi connectivity index (χ3v) is 4.54. The largest absolute Gasteiger partial charge is 0.508 e. The summed E-state index contributed by atoms with van der Waals surface area (Å²) in [5, 5.41) is 23.7. The number of phenolic OH excluding ortho intramolecular Hbond substituents is 1. The van der Waals surface area contributed by atoms with E-state index >= 15 is 0 Å². The van der Waals surface area contributed by atoms with Gasteiger partial charge in [0.1, 0.15) is 18.1 Å². The van der Waals surface area contributed by atoms with Gasteiger partial charge in [0, 0.05) is 5.56 Å². The van der Waals surface area contributed by atoms with E-state index in [1.54, 1.807) is 12.1 Å². The van der Waals surface area contributed by atoms with Crippen LogP contribution in [0.2, 0.25) is 0 Å². The molecule has 28 heavy (non-hydrogen) atoms. The van der Waals surface area contributed by atoms with Gasteiger partial charge < -0.3 is 9.84 Å². The van der Waals surface area contributed by atoms with Crippen molar-refractivity contribution in [3.63, 3.8) is 0 Å². The van der Waals surface area contributed by atoms with E-state index in [4.69, 9.17) is 4.74 Å². The first-order chi connectivity index (χ1) is 13.8. The molecule has 6 heteroatoms. The number of hydrogen-bond acceptors (Lipinski definition) is 5. The van der Waals surface area contributed by atoms with E-state index in [0.29, 0.717) is 12.4 Å². The lowest BCUT2D eigenvalue weighted by atomic mass is 10.0. The van der Waals surface area contributed by atoms with Crippen molar-refractivity contribution in [2.45, 2.75) is 19.4 Å². The molecule has 140 valence electrons. The number of rotatable bonds is 7. The Morgan fingerprint density at radius 2 is 1.68 bits per heavy atom. The van der Waals surface area contributed by atoms with Crippen LogP contribution in [0.15, 0.2) is 72.8 Å². The second kappa shape index (κ2) is 8.35. The number of aromatic amines is 1. The van der Waals surface area contributed by atoms with Crippen LogP contribution in [0.1, 0.15) is 16.7 Å². The first-order valence-electron chi connectivity index (χ1n) is 9.09. The average Bonchev–Trinajstić information content (AvgIpc) is 3.28. The zero-order valence-electron chi connectivity index (χ0n) is 15.2. The molecule has 0 unspecified atom stereocenters. The molecule has 0 saturated heterocycles. The van der Waals surface area contributed by atoms with E-state index in [1.165, 1.54) is 5.56 Å². The van der Waals surface area contributed by atoms with Crippen molar-refractivity contribution in [1.29, 1.82) is 0 Å². The first kappa shape index (κ1) is 17.7. The topological polar surface area (TPSA) is 83.9 Å². The van der Waals surface area contributed by atoms with E-state index in [0.717, 1.165) is 35.3 Å². The van der Waals surface area contributed by atoms with Crippen molar-refractivity contribution in [2.24, 2.45) is 0 Å². The lowest BCUT2D eigenvalue weighted by Gasteiger charge is -2.12. The molecule has 2 N–H and O–H groups in total. The van der Waals surface area contributed by atoms with Crippen molar-refractivity contribution < 1.29 is 9.84 Å². The van der Waals surface area contributed by atoms with Crippen molar-refractivity contribution in [2.75, 3.05) is 0 Å². The molecule has 1 aromatic heterocycles. The summed E-state index contributed by atoms with van der Waals surface area (Å²) in [6, 6.07) is 23.4. The summed E-state index contributed by atoms with van der Waals surface area (Å²) < 4.78 is 6.04. The highest BCUT2D eigenvalue weighted by Gasteiger charge is 2.07. The third-order valence-electron chi connectivity index (χ3n) is 4.54. The van der Waals surface area contributed by atoms with Crippen LogP contribution in [0.25, 0.3) is 11.4 Å². The Balaban J connectivity index is 1.43. The molecule has 1 heterocycles. The maximum absolute atomic E-state index is 9.87. The van der Waals surface area contributed by atoms with Crippen LogP contribution in [0.5, 0.6) is 11.5 Å². The highest BCUT2D eigenvalue weighted by Crippen LogP contribution is 2.26. The van der Waals surface area contributed by atoms with Gasteiger partial charge in [0.15, 0.2) is 5.82 Å². The number of H-pyrrole nitrogens is 1. The maximum atomic E-state index is 9.87. The van der Waals surface area contributed by atoms with Crippen molar-refractivity contribution in [3.05, 3.63) is 89.5 Å². The number of nitrogens with zero attached hydrogens (tertiary/aromatic N) is 3. The summed E-state index contributed by atoms with van der Waals surface area (Å²) in [6.45, 7) is 0.443. The second-order valence-corrected chi connectivity index (χ2v) is 6.51. The molecule has 4 aromatic rings. The number of ether oxygens (including phenoxy) is 1. The zero-order valence-corrected chi connectivity index (χ0v) is 15.2. The van der Waals surface area contributed by atoms with Gasteiger partial charge in [-0.3, -0.25) is 0 Å². The molecular formula is C22H20N4O2. The van der Waals surface area contributed by atoms with Crippen molar-refractivity contribution >= 4 is 0 Å². The highest BCUT2D eigenvalue weighted by atomic mass is 16.5. The number of aryl methyl sites for hydroxylation is 2. The fraction of sp³-hybridized carbons (Fsp3) is 0.136. The Kier molecular flexibility index (Phi) is 5.29. The van der Waals surface area contributed by atoms with Crippen LogP contribution in [0.3, 0.4) is 0 Å². The molecule has 0 spiro atoms. The monoisotopic (exact) mass is 372 g/mol. The molecule has 0 saturated carbocycles. The number of benzene rings is 3. The Hall–Kier alpha value is -3.67. The minimum absolute atomic E-state index is 0.250. The summed E-state index contributed by atoms with van der Waals surface area (Å²) in [7, 11) is 0. The molecular weight excluding hydrogens is 352 g/mol. The van der Waals surface area contributed by atoms with Gasteiger partial charge in [-0.15, -0.1) is 5.10 Å². The quantitative estimate of drug-likeness (QED) is 0.513. The van der Waals surface area contributed by atoms with Gasteiger partial charge >= 0.3 is 0 Å². The molecule has 0 aliphatic rings. The van der Waals surface area contributed by atoms with Crippen LogP contribution in [-0.2, 0) is 19.4 Å². The Labute approximate surface area is 162 Å². The molecule has 0 fully saturated rings. The summed E-state index contributed by atoms with van der Waals surface area (Å²) in [5.74, 6) is 1.67. The standard InChI is InChI=1S/C22H20N4O2/c27-20-12-13-21(19(14-20)11-6-16-4-2-1-3-5-16)28-15-17-7-9-18(10-8-17)22-23-25-26-24-22/h1-5,7-10,12-14,27H,6,11,15H2,(H,23,24,25,26). The molecule has 0 aliphatic heterocycles. The smallest absolute Gasteiger partial charge is 0.179 e. The van der Waals surface area contributed by atoms with E-state index in [-0.39, 0.29) is 5.75 Å². The predicted molar refractivity (Wildman–Crippen MR) is 106 cm³/mol. The predicted octanol–water partition coefficient (Wildman–Crippen LogP) is 3.94. The molecule has 3 aromatic carbocycles. The van der Waals surface area contributed by atoms with Gasteiger partial charge in [-0.2, -0.15) is 0 Å². The second-order valence-electron chi connectivity index (χ2n) is 6.51. The Morgan fingerprint density at radius 3 is 2.43 bits per heavy atom. The van der Waals surface area contributed by atoms with E-state index < -0.39 is 0 Å². The SMILES string of the molecule is Oc1ccc(OCc2ccc(-c3nnn[nH]3)cc2)c(CCc2ccccc2)c1. The molecule has 4 rings (SSSR count).